The Kier molecular flexibility index (Phi) is 6.71. The van der Waals surface area contributed by atoms with Crippen molar-refractivity contribution >= 4 is 17.9 Å². The zero-order valence-corrected chi connectivity index (χ0v) is 16.7. The van der Waals surface area contributed by atoms with E-state index in [-0.39, 0.29) is 31.5 Å². The Morgan fingerprint density at radius 1 is 1.07 bits per heavy atom. The molecule has 1 heterocycles. The topological polar surface area (TPSA) is 29.5 Å². The van der Waals surface area contributed by atoms with Crippen LogP contribution in [0.5, 0.6) is 0 Å². The third-order valence-electron chi connectivity index (χ3n) is 4.23. The van der Waals surface area contributed by atoms with E-state index >= 15 is 0 Å². The van der Waals surface area contributed by atoms with Crippen molar-refractivity contribution in [1.82, 2.24) is 4.90 Å². The van der Waals surface area contributed by atoms with Crippen LogP contribution in [0.1, 0.15) is 45.1 Å². The van der Waals surface area contributed by atoms with Crippen LogP contribution < -0.4 is 0 Å². The summed E-state index contributed by atoms with van der Waals surface area (Å²) in [5.41, 5.74) is -0.859. The quantitative estimate of drug-likeness (QED) is 0.401. The van der Waals surface area contributed by atoms with E-state index < -0.39 is 57.3 Å². The number of thioether (sulfide) groups is 1. The molecule has 0 radical (unpaired) electrons. The molecule has 1 aromatic carbocycles. The van der Waals surface area contributed by atoms with Gasteiger partial charge in [-0.05, 0) is 62.9 Å². The third-order valence-corrected chi connectivity index (χ3v) is 5.33. The average molecular weight is 447 g/mol. The van der Waals surface area contributed by atoms with Gasteiger partial charge in [0, 0.05) is 13.1 Å². The Morgan fingerprint density at radius 3 is 2.10 bits per heavy atom. The molecular weight excluding hydrogens is 427 g/mol. The zero-order chi connectivity index (χ0) is 22.2. The first-order valence-electron chi connectivity index (χ1n) is 8.72. The number of hydrogen-bond acceptors (Lipinski definition) is 3. The third kappa shape index (κ3) is 5.70. The normalized spacial score (nSPS) is 16.8. The van der Waals surface area contributed by atoms with Gasteiger partial charge in [0.15, 0.2) is 11.6 Å². The zero-order valence-electron chi connectivity index (χ0n) is 15.9. The van der Waals surface area contributed by atoms with Crippen molar-refractivity contribution in [3.05, 3.63) is 29.3 Å². The van der Waals surface area contributed by atoms with E-state index in [0.29, 0.717) is 6.07 Å². The number of ether oxygens (including phenoxy) is 1. The molecule has 0 spiro atoms. The standard InChI is InChI=1S/C18H20F7NO2S/c1-16(2,3)28-15(27)26-8-6-10(7-9-26)11-4-5-12(19)13(20)14(11)29-18(24,25)17(21,22)23/h4-5,10H,6-9H2,1-3H3. The molecule has 0 saturated carbocycles. The summed E-state index contributed by atoms with van der Waals surface area (Å²) < 4.78 is 97.5. The second-order valence-corrected chi connectivity index (χ2v) is 8.76. The van der Waals surface area contributed by atoms with Crippen molar-refractivity contribution in [2.45, 2.75) is 61.5 Å². The molecule has 3 nitrogen and oxygen atoms in total. The van der Waals surface area contributed by atoms with E-state index in [4.69, 9.17) is 4.74 Å². The summed E-state index contributed by atoms with van der Waals surface area (Å²) in [6.07, 6.45) is -6.15. The first-order chi connectivity index (χ1) is 13.1. The van der Waals surface area contributed by atoms with Gasteiger partial charge in [0.2, 0.25) is 0 Å². The van der Waals surface area contributed by atoms with Crippen molar-refractivity contribution in [3.63, 3.8) is 0 Å². The van der Waals surface area contributed by atoms with Crippen LogP contribution in [0.2, 0.25) is 0 Å². The molecule has 0 aromatic heterocycles. The number of piperidine rings is 1. The Labute approximate surface area is 167 Å². The number of carbonyl (C=O) groups is 1. The van der Waals surface area contributed by atoms with Gasteiger partial charge >= 0.3 is 17.5 Å². The van der Waals surface area contributed by atoms with Crippen molar-refractivity contribution < 1.29 is 40.3 Å². The van der Waals surface area contributed by atoms with Gasteiger partial charge in [0.25, 0.3) is 0 Å². The van der Waals surface area contributed by atoms with Gasteiger partial charge in [-0.3, -0.25) is 0 Å². The number of carbonyl (C=O) groups excluding carboxylic acids is 1. The first-order valence-corrected chi connectivity index (χ1v) is 9.53. The van der Waals surface area contributed by atoms with Gasteiger partial charge in [-0.1, -0.05) is 6.07 Å². The summed E-state index contributed by atoms with van der Waals surface area (Å²) >= 11 is -1.05. The van der Waals surface area contributed by atoms with Gasteiger partial charge in [0.1, 0.15) is 5.60 Å². The number of likely N-dealkylation sites (tertiary alicyclic amines) is 1. The van der Waals surface area contributed by atoms with Crippen LogP contribution in [-0.2, 0) is 4.74 Å². The second kappa shape index (κ2) is 8.23. The minimum atomic E-state index is -5.92. The lowest BCUT2D eigenvalue weighted by atomic mass is 9.89. The molecule has 11 heteroatoms. The predicted octanol–water partition coefficient (Wildman–Crippen LogP) is 6.33. The number of benzene rings is 1. The van der Waals surface area contributed by atoms with E-state index in [9.17, 15) is 35.5 Å². The lowest BCUT2D eigenvalue weighted by Crippen LogP contribution is -2.41. The number of amides is 1. The fourth-order valence-electron chi connectivity index (χ4n) is 2.86. The lowest BCUT2D eigenvalue weighted by molar-refractivity contribution is -0.237. The summed E-state index contributed by atoms with van der Waals surface area (Å²) in [6, 6.07) is 1.71. The van der Waals surface area contributed by atoms with E-state index in [1.54, 1.807) is 20.8 Å². The summed E-state index contributed by atoms with van der Waals surface area (Å²) in [5.74, 6) is -3.87. The smallest absolute Gasteiger partial charge is 0.444 e. The van der Waals surface area contributed by atoms with Gasteiger partial charge in [-0.15, -0.1) is 0 Å². The van der Waals surface area contributed by atoms with Crippen molar-refractivity contribution in [2.24, 2.45) is 0 Å². The molecule has 0 bridgehead atoms. The minimum absolute atomic E-state index is 0.137. The second-order valence-electron chi connectivity index (χ2n) is 7.64. The molecule has 0 atom stereocenters. The molecule has 0 N–H and O–H groups in total. The molecule has 29 heavy (non-hydrogen) atoms. The Bertz CT molecular complexity index is 754. The molecule has 1 aliphatic rings. The van der Waals surface area contributed by atoms with E-state index in [0.717, 1.165) is 6.07 Å². The van der Waals surface area contributed by atoms with Crippen LogP contribution in [0, 0.1) is 11.6 Å². The molecule has 1 fully saturated rings. The van der Waals surface area contributed by atoms with Crippen LogP contribution in [-0.4, -0.2) is 41.1 Å². The van der Waals surface area contributed by atoms with Gasteiger partial charge in [0.05, 0.1) is 4.90 Å². The molecule has 1 aliphatic heterocycles. The number of alkyl halides is 5. The highest BCUT2D eigenvalue weighted by molar-refractivity contribution is 8.00. The summed E-state index contributed by atoms with van der Waals surface area (Å²) in [6.45, 7) is 5.33. The molecule has 2 rings (SSSR count). The van der Waals surface area contributed by atoms with Crippen LogP contribution in [0.4, 0.5) is 35.5 Å². The lowest BCUT2D eigenvalue weighted by Gasteiger charge is -2.34. The molecular formula is C18H20F7NO2S. The molecule has 0 aliphatic carbocycles. The number of hydrogen-bond donors (Lipinski definition) is 0. The summed E-state index contributed by atoms with van der Waals surface area (Å²) in [4.78, 5) is 12.4. The minimum Gasteiger partial charge on any atom is -0.444 e. The summed E-state index contributed by atoms with van der Waals surface area (Å²) in [7, 11) is 0. The van der Waals surface area contributed by atoms with Gasteiger partial charge in [-0.2, -0.15) is 22.0 Å². The average Bonchev–Trinajstić information content (AvgIpc) is 2.57. The largest absolute Gasteiger partial charge is 0.464 e. The highest BCUT2D eigenvalue weighted by atomic mass is 32.2. The molecule has 164 valence electrons. The summed E-state index contributed by atoms with van der Waals surface area (Å²) in [5, 5.41) is -5.28. The SMILES string of the molecule is CC(C)(C)OC(=O)N1CCC(c2ccc(F)c(F)c2SC(F)(F)C(F)(F)F)CC1. The van der Waals surface area contributed by atoms with Crippen LogP contribution >= 0.6 is 11.8 Å². The number of rotatable bonds is 3. The van der Waals surface area contributed by atoms with Crippen molar-refractivity contribution in [3.8, 4) is 0 Å². The molecule has 0 unspecified atom stereocenters. The van der Waals surface area contributed by atoms with E-state index in [1.165, 1.54) is 4.90 Å². The van der Waals surface area contributed by atoms with Crippen molar-refractivity contribution in [2.75, 3.05) is 13.1 Å². The number of halogens is 7. The Hall–Kier alpha value is -1.65. The maximum absolute atomic E-state index is 14.1. The highest BCUT2D eigenvalue weighted by Crippen LogP contribution is 2.50. The van der Waals surface area contributed by atoms with Crippen molar-refractivity contribution in [1.29, 1.82) is 0 Å². The maximum atomic E-state index is 14.1. The molecule has 1 amide bonds. The van der Waals surface area contributed by atoms with Crippen LogP contribution in [0.15, 0.2) is 17.0 Å². The number of nitrogens with zero attached hydrogens (tertiary/aromatic N) is 1. The molecule has 1 aromatic rings. The fraction of sp³-hybridized carbons (Fsp3) is 0.611. The van der Waals surface area contributed by atoms with Crippen LogP contribution in [0.3, 0.4) is 0 Å². The Balaban J connectivity index is 2.22. The molecule has 1 saturated heterocycles. The first kappa shape index (κ1) is 23.6. The fourth-order valence-corrected chi connectivity index (χ4v) is 3.77. The monoisotopic (exact) mass is 447 g/mol. The predicted molar refractivity (Wildman–Crippen MR) is 93.0 cm³/mol. The van der Waals surface area contributed by atoms with E-state index in [2.05, 4.69) is 0 Å². The maximum Gasteiger partial charge on any atom is 0.464 e. The van der Waals surface area contributed by atoms with Gasteiger partial charge in [-0.25, -0.2) is 13.6 Å². The van der Waals surface area contributed by atoms with Gasteiger partial charge < -0.3 is 9.64 Å². The Morgan fingerprint density at radius 2 is 1.62 bits per heavy atom. The van der Waals surface area contributed by atoms with E-state index in [1.807, 2.05) is 0 Å². The highest BCUT2D eigenvalue weighted by Gasteiger charge is 2.59. The van der Waals surface area contributed by atoms with Crippen LogP contribution in [0.25, 0.3) is 0 Å².